The number of carbonyl (C=O) groups is 1. The summed E-state index contributed by atoms with van der Waals surface area (Å²) in [5.74, 6) is -0.747. The van der Waals surface area contributed by atoms with Crippen LogP contribution in [-0.2, 0) is 10.2 Å². The van der Waals surface area contributed by atoms with E-state index in [-0.39, 0.29) is 11.8 Å². The SMILES string of the molecule is CC(CC(CCC(=O)O)(c1ccccc1)c1ccccc1)N(C)C. The molecule has 128 valence electrons. The lowest BCUT2D eigenvalue weighted by Gasteiger charge is -2.39. The molecule has 0 bridgehead atoms. The maximum atomic E-state index is 11.3. The summed E-state index contributed by atoms with van der Waals surface area (Å²) in [6.45, 7) is 2.20. The number of carboxylic acids is 1. The summed E-state index contributed by atoms with van der Waals surface area (Å²) >= 11 is 0. The molecule has 1 unspecified atom stereocenters. The number of rotatable bonds is 8. The maximum absolute atomic E-state index is 11.3. The van der Waals surface area contributed by atoms with Crippen molar-refractivity contribution in [1.82, 2.24) is 4.90 Å². The zero-order valence-corrected chi connectivity index (χ0v) is 14.8. The molecule has 0 aliphatic heterocycles. The summed E-state index contributed by atoms with van der Waals surface area (Å²) < 4.78 is 0. The Labute approximate surface area is 144 Å². The molecule has 1 N–H and O–H groups in total. The van der Waals surface area contributed by atoms with Crippen LogP contribution >= 0.6 is 0 Å². The number of nitrogens with zero attached hydrogens (tertiary/aromatic N) is 1. The van der Waals surface area contributed by atoms with Crippen LogP contribution in [0.25, 0.3) is 0 Å². The van der Waals surface area contributed by atoms with Crippen LogP contribution in [0.5, 0.6) is 0 Å². The van der Waals surface area contributed by atoms with E-state index in [2.05, 4.69) is 50.2 Å². The molecule has 0 aliphatic carbocycles. The lowest BCUT2D eigenvalue weighted by Crippen LogP contribution is -2.37. The predicted molar refractivity (Wildman–Crippen MR) is 98.3 cm³/mol. The lowest BCUT2D eigenvalue weighted by atomic mass is 9.67. The zero-order valence-electron chi connectivity index (χ0n) is 14.8. The van der Waals surface area contributed by atoms with Gasteiger partial charge in [0.05, 0.1) is 0 Å². The van der Waals surface area contributed by atoms with E-state index in [0.29, 0.717) is 12.5 Å². The Kier molecular flexibility index (Phi) is 6.16. The van der Waals surface area contributed by atoms with Gasteiger partial charge in [-0.2, -0.15) is 0 Å². The smallest absolute Gasteiger partial charge is 0.303 e. The lowest BCUT2D eigenvalue weighted by molar-refractivity contribution is -0.137. The number of benzene rings is 2. The number of hydrogen-bond donors (Lipinski definition) is 1. The predicted octanol–water partition coefficient (Wildman–Crippen LogP) is 4.18. The summed E-state index contributed by atoms with van der Waals surface area (Å²) in [6.07, 6.45) is 1.62. The van der Waals surface area contributed by atoms with E-state index in [4.69, 9.17) is 0 Å². The van der Waals surface area contributed by atoms with Crippen molar-refractivity contribution < 1.29 is 9.90 Å². The largest absolute Gasteiger partial charge is 0.481 e. The molecule has 0 spiro atoms. The molecule has 0 heterocycles. The normalized spacial score (nSPS) is 13.0. The highest BCUT2D eigenvalue weighted by Gasteiger charge is 2.36. The monoisotopic (exact) mass is 325 g/mol. The standard InChI is InChI=1S/C21H27NO2/c1-17(22(2)3)16-21(15-14-20(23)24,18-10-6-4-7-11-18)19-12-8-5-9-13-19/h4-13,17H,14-16H2,1-3H3,(H,23,24). The van der Waals surface area contributed by atoms with E-state index >= 15 is 0 Å². The van der Waals surface area contributed by atoms with Crippen molar-refractivity contribution in [3.63, 3.8) is 0 Å². The Morgan fingerprint density at radius 1 is 1.00 bits per heavy atom. The Balaban J connectivity index is 2.56. The Bertz CT molecular complexity index is 598. The summed E-state index contributed by atoms with van der Waals surface area (Å²) in [4.78, 5) is 13.5. The van der Waals surface area contributed by atoms with Gasteiger partial charge in [-0.1, -0.05) is 60.7 Å². The van der Waals surface area contributed by atoms with E-state index in [0.717, 1.165) is 6.42 Å². The van der Waals surface area contributed by atoms with Crippen LogP contribution in [-0.4, -0.2) is 36.1 Å². The Morgan fingerprint density at radius 2 is 1.46 bits per heavy atom. The van der Waals surface area contributed by atoms with Crippen molar-refractivity contribution in [1.29, 1.82) is 0 Å². The third-order valence-corrected chi connectivity index (χ3v) is 4.94. The van der Waals surface area contributed by atoms with Crippen molar-refractivity contribution in [3.05, 3.63) is 71.8 Å². The second-order valence-corrected chi connectivity index (χ2v) is 6.72. The van der Waals surface area contributed by atoms with Gasteiger partial charge in [0.1, 0.15) is 0 Å². The highest BCUT2D eigenvalue weighted by molar-refractivity contribution is 5.67. The third kappa shape index (κ3) is 4.24. The average molecular weight is 325 g/mol. The van der Waals surface area contributed by atoms with Gasteiger partial charge in [0, 0.05) is 17.9 Å². The Hall–Kier alpha value is -2.13. The molecular formula is C21H27NO2. The molecule has 0 aliphatic rings. The third-order valence-electron chi connectivity index (χ3n) is 4.94. The van der Waals surface area contributed by atoms with Gasteiger partial charge < -0.3 is 10.0 Å². The minimum atomic E-state index is -0.747. The van der Waals surface area contributed by atoms with Gasteiger partial charge in [-0.25, -0.2) is 0 Å². The number of hydrogen-bond acceptors (Lipinski definition) is 2. The molecule has 0 saturated carbocycles. The van der Waals surface area contributed by atoms with Crippen molar-refractivity contribution in [2.24, 2.45) is 0 Å². The molecule has 3 heteroatoms. The minimum absolute atomic E-state index is 0.157. The first kappa shape index (κ1) is 18.2. The second-order valence-electron chi connectivity index (χ2n) is 6.72. The van der Waals surface area contributed by atoms with Crippen LogP contribution < -0.4 is 0 Å². The van der Waals surface area contributed by atoms with Crippen molar-refractivity contribution >= 4 is 5.97 Å². The molecule has 0 radical (unpaired) electrons. The zero-order chi connectivity index (χ0) is 17.6. The summed E-state index contributed by atoms with van der Waals surface area (Å²) in [6, 6.07) is 21.0. The van der Waals surface area contributed by atoms with Crippen LogP contribution in [0.3, 0.4) is 0 Å². The van der Waals surface area contributed by atoms with Gasteiger partial charge in [0.2, 0.25) is 0 Å². The molecule has 0 saturated heterocycles. The second kappa shape index (κ2) is 8.11. The fourth-order valence-electron chi connectivity index (χ4n) is 3.31. The molecule has 24 heavy (non-hydrogen) atoms. The molecule has 2 rings (SSSR count). The van der Waals surface area contributed by atoms with Crippen LogP contribution in [0.4, 0.5) is 0 Å². The van der Waals surface area contributed by atoms with Crippen LogP contribution in [0.2, 0.25) is 0 Å². The quantitative estimate of drug-likeness (QED) is 0.791. The first-order valence-electron chi connectivity index (χ1n) is 8.45. The summed E-state index contributed by atoms with van der Waals surface area (Å²) in [5, 5.41) is 9.30. The number of carboxylic acid groups (broad SMARTS) is 1. The Morgan fingerprint density at radius 3 is 1.83 bits per heavy atom. The fraction of sp³-hybridized carbons (Fsp3) is 0.381. The average Bonchev–Trinajstić information content (AvgIpc) is 2.59. The van der Waals surface area contributed by atoms with Crippen LogP contribution in [0, 0.1) is 0 Å². The number of aliphatic carboxylic acids is 1. The molecule has 0 amide bonds. The van der Waals surface area contributed by atoms with Gasteiger partial charge in [-0.05, 0) is 45.0 Å². The molecule has 2 aromatic carbocycles. The van der Waals surface area contributed by atoms with E-state index in [1.54, 1.807) is 0 Å². The maximum Gasteiger partial charge on any atom is 0.303 e. The molecule has 0 aromatic heterocycles. The molecular weight excluding hydrogens is 298 g/mol. The molecule has 0 fully saturated rings. The van der Waals surface area contributed by atoms with Gasteiger partial charge in [0.25, 0.3) is 0 Å². The van der Waals surface area contributed by atoms with Crippen molar-refractivity contribution in [3.8, 4) is 0 Å². The van der Waals surface area contributed by atoms with E-state index in [1.165, 1.54) is 11.1 Å². The van der Waals surface area contributed by atoms with Crippen molar-refractivity contribution in [2.75, 3.05) is 14.1 Å². The van der Waals surface area contributed by atoms with E-state index in [1.807, 2.05) is 36.4 Å². The molecule has 3 nitrogen and oxygen atoms in total. The van der Waals surface area contributed by atoms with Crippen molar-refractivity contribution in [2.45, 2.75) is 37.6 Å². The molecule has 2 aromatic rings. The minimum Gasteiger partial charge on any atom is -0.481 e. The summed E-state index contributed by atoms with van der Waals surface area (Å²) in [5.41, 5.74) is 2.07. The fourth-order valence-corrected chi connectivity index (χ4v) is 3.31. The van der Waals surface area contributed by atoms with Gasteiger partial charge in [-0.3, -0.25) is 4.79 Å². The van der Waals surface area contributed by atoms with Crippen LogP contribution in [0.1, 0.15) is 37.3 Å². The highest BCUT2D eigenvalue weighted by atomic mass is 16.4. The van der Waals surface area contributed by atoms with E-state index in [9.17, 15) is 9.90 Å². The van der Waals surface area contributed by atoms with Crippen LogP contribution in [0.15, 0.2) is 60.7 Å². The van der Waals surface area contributed by atoms with Gasteiger partial charge in [-0.15, -0.1) is 0 Å². The van der Waals surface area contributed by atoms with Gasteiger partial charge >= 0.3 is 5.97 Å². The first-order valence-corrected chi connectivity index (χ1v) is 8.45. The topological polar surface area (TPSA) is 40.5 Å². The highest BCUT2D eigenvalue weighted by Crippen LogP contribution is 2.41. The molecule has 1 atom stereocenters. The first-order chi connectivity index (χ1) is 11.5. The summed E-state index contributed by atoms with van der Waals surface area (Å²) in [7, 11) is 4.14. The van der Waals surface area contributed by atoms with E-state index < -0.39 is 5.97 Å². The van der Waals surface area contributed by atoms with Gasteiger partial charge in [0.15, 0.2) is 0 Å².